The number of halogens is 1. The molecule has 0 spiro atoms. The zero-order valence-corrected chi connectivity index (χ0v) is 12.8. The number of phenols is 1. The summed E-state index contributed by atoms with van der Waals surface area (Å²) < 4.78 is 0.824. The third-order valence-electron chi connectivity index (χ3n) is 3.23. The van der Waals surface area contributed by atoms with Crippen molar-refractivity contribution in [2.75, 3.05) is 7.05 Å². The van der Waals surface area contributed by atoms with Gasteiger partial charge in [-0.1, -0.05) is 18.2 Å². The Morgan fingerprint density at radius 1 is 1.30 bits per heavy atom. The van der Waals surface area contributed by atoms with Crippen LogP contribution in [-0.4, -0.2) is 27.9 Å². The minimum atomic E-state index is -0.242. The number of hydrogen-bond donors (Lipinski definition) is 1. The van der Waals surface area contributed by atoms with Gasteiger partial charge in [0.25, 0.3) is 5.91 Å². The molecule has 1 amide bonds. The number of carbonyl (C=O) groups is 1. The summed E-state index contributed by atoms with van der Waals surface area (Å²) in [6, 6.07) is 10.2. The maximum absolute atomic E-state index is 12.3. The fourth-order valence-corrected chi connectivity index (χ4v) is 2.14. The third-order valence-corrected chi connectivity index (χ3v) is 3.70. The number of hydrogen-bond acceptors (Lipinski definition) is 3. The number of phenolic OH excluding ortho intramolecular Hbond substituents is 1. The van der Waals surface area contributed by atoms with Gasteiger partial charge in [0.15, 0.2) is 0 Å². The molecule has 2 rings (SSSR count). The molecule has 0 saturated heterocycles. The van der Waals surface area contributed by atoms with Crippen molar-refractivity contribution in [3.63, 3.8) is 0 Å². The largest absolute Gasteiger partial charge is 0.508 e. The zero-order valence-electron chi connectivity index (χ0n) is 11.2. The van der Waals surface area contributed by atoms with Gasteiger partial charge in [0.1, 0.15) is 11.4 Å². The fourth-order valence-electron chi connectivity index (χ4n) is 1.91. The Hall–Kier alpha value is -1.88. The van der Waals surface area contributed by atoms with Crippen LogP contribution in [0.15, 0.2) is 47.1 Å². The lowest BCUT2D eigenvalue weighted by molar-refractivity contribution is 0.0735. The van der Waals surface area contributed by atoms with Crippen LogP contribution in [0.3, 0.4) is 0 Å². The normalized spacial score (nSPS) is 11.9. The van der Waals surface area contributed by atoms with E-state index < -0.39 is 0 Å². The number of aromatic nitrogens is 1. The van der Waals surface area contributed by atoms with E-state index in [0.29, 0.717) is 11.3 Å². The van der Waals surface area contributed by atoms with E-state index >= 15 is 0 Å². The first-order valence-electron chi connectivity index (χ1n) is 6.17. The molecule has 0 radical (unpaired) electrons. The predicted molar refractivity (Wildman–Crippen MR) is 80.6 cm³/mol. The van der Waals surface area contributed by atoms with Crippen molar-refractivity contribution < 1.29 is 9.90 Å². The summed E-state index contributed by atoms with van der Waals surface area (Å²) in [7, 11) is 1.70. The SMILES string of the molecule is CC(c1ccccc1O)N(C)C(=O)c1ccc(Br)cn1. The number of benzene rings is 1. The molecule has 4 nitrogen and oxygen atoms in total. The van der Waals surface area contributed by atoms with E-state index in [1.165, 1.54) is 0 Å². The molecule has 0 bridgehead atoms. The van der Waals surface area contributed by atoms with Gasteiger partial charge < -0.3 is 10.0 Å². The maximum atomic E-state index is 12.3. The first-order valence-corrected chi connectivity index (χ1v) is 6.96. The number of carbonyl (C=O) groups excluding carboxylic acids is 1. The molecule has 2 aromatic rings. The Balaban J connectivity index is 2.22. The summed E-state index contributed by atoms with van der Waals surface area (Å²) in [4.78, 5) is 18.0. The molecule has 1 N–H and O–H groups in total. The molecular weight excluding hydrogens is 320 g/mol. The van der Waals surface area contributed by atoms with Crippen molar-refractivity contribution in [1.29, 1.82) is 0 Å². The van der Waals surface area contributed by atoms with Crippen molar-refractivity contribution in [1.82, 2.24) is 9.88 Å². The Bertz CT molecular complexity index is 614. The van der Waals surface area contributed by atoms with E-state index in [-0.39, 0.29) is 17.7 Å². The van der Waals surface area contributed by atoms with Gasteiger partial charge >= 0.3 is 0 Å². The molecule has 1 heterocycles. The van der Waals surface area contributed by atoms with Crippen molar-refractivity contribution in [3.05, 3.63) is 58.3 Å². The first kappa shape index (κ1) is 14.5. The first-order chi connectivity index (χ1) is 9.50. The number of amides is 1. The van der Waals surface area contributed by atoms with Crippen LogP contribution in [-0.2, 0) is 0 Å². The van der Waals surface area contributed by atoms with E-state index in [1.807, 2.05) is 13.0 Å². The molecule has 0 aliphatic rings. The quantitative estimate of drug-likeness (QED) is 0.936. The number of pyridine rings is 1. The predicted octanol–water partition coefficient (Wildman–Crippen LogP) is 3.38. The number of nitrogens with zero attached hydrogens (tertiary/aromatic N) is 2. The number of rotatable bonds is 3. The molecule has 20 heavy (non-hydrogen) atoms. The Labute approximate surface area is 126 Å². The standard InChI is InChI=1S/C15H15BrN2O2/c1-10(12-5-3-4-6-14(12)19)18(2)15(20)13-8-7-11(16)9-17-13/h3-10,19H,1-2H3. The lowest BCUT2D eigenvalue weighted by atomic mass is 10.1. The van der Waals surface area contributed by atoms with Gasteiger partial charge in [-0.2, -0.15) is 0 Å². The highest BCUT2D eigenvalue weighted by atomic mass is 79.9. The van der Waals surface area contributed by atoms with Gasteiger partial charge in [0, 0.05) is 23.3 Å². The molecule has 1 atom stereocenters. The Morgan fingerprint density at radius 3 is 2.60 bits per heavy atom. The Morgan fingerprint density at radius 2 is 2.00 bits per heavy atom. The summed E-state index contributed by atoms with van der Waals surface area (Å²) in [5, 5.41) is 9.86. The highest BCUT2D eigenvalue weighted by Crippen LogP contribution is 2.27. The second-order valence-corrected chi connectivity index (χ2v) is 5.43. The van der Waals surface area contributed by atoms with Crippen molar-refractivity contribution in [3.8, 4) is 5.75 Å². The number of para-hydroxylation sites is 1. The van der Waals surface area contributed by atoms with E-state index in [4.69, 9.17) is 0 Å². The van der Waals surface area contributed by atoms with Crippen LogP contribution in [0.2, 0.25) is 0 Å². The van der Waals surface area contributed by atoms with E-state index in [2.05, 4.69) is 20.9 Å². The topological polar surface area (TPSA) is 53.4 Å². The highest BCUT2D eigenvalue weighted by Gasteiger charge is 2.21. The van der Waals surface area contributed by atoms with Crippen LogP contribution >= 0.6 is 15.9 Å². The van der Waals surface area contributed by atoms with Crippen molar-refractivity contribution >= 4 is 21.8 Å². The van der Waals surface area contributed by atoms with Gasteiger partial charge in [-0.05, 0) is 41.1 Å². The van der Waals surface area contributed by atoms with Crippen LogP contribution < -0.4 is 0 Å². The van der Waals surface area contributed by atoms with Crippen molar-refractivity contribution in [2.45, 2.75) is 13.0 Å². The van der Waals surface area contributed by atoms with Gasteiger partial charge in [0.05, 0.1) is 6.04 Å². The molecule has 0 aliphatic heterocycles. The molecule has 5 heteroatoms. The minimum absolute atomic E-state index is 0.184. The minimum Gasteiger partial charge on any atom is -0.508 e. The van der Waals surface area contributed by atoms with Gasteiger partial charge in [0.2, 0.25) is 0 Å². The van der Waals surface area contributed by atoms with Crippen LogP contribution in [0.25, 0.3) is 0 Å². The van der Waals surface area contributed by atoms with E-state index in [1.54, 1.807) is 48.5 Å². The van der Waals surface area contributed by atoms with Gasteiger partial charge in [-0.25, -0.2) is 4.98 Å². The average molecular weight is 335 g/mol. The molecule has 104 valence electrons. The second kappa shape index (κ2) is 6.05. The summed E-state index contributed by atoms with van der Waals surface area (Å²) in [5.74, 6) is -0.00308. The summed E-state index contributed by atoms with van der Waals surface area (Å²) in [6.07, 6.45) is 1.59. The summed E-state index contributed by atoms with van der Waals surface area (Å²) in [6.45, 7) is 1.87. The van der Waals surface area contributed by atoms with Crippen LogP contribution in [0.1, 0.15) is 29.0 Å². The molecule has 1 aromatic heterocycles. The zero-order chi connectivity index (χ0) is 14.7. The smallest absolute Gasteiger partial charge is 0.272 e. The third kappa shape index (κ3) is 2.99. The fraction of sp³-hybridized carbons (Fsp3) is 0.200. The second-order valence-electron chi connectivity index (χ2n) is 4.51. The van der Waals surface area contributed by atoms with Crippen LogP contribution in [0.4, 0.5) is 0 Å². The van der Waals surface area contributed by atoms with Gasteiger partial charge in [-0.15, -0.1) is 0 Å². The molecule has 1 aromatic carbocycles. The molecular formula is C15H15BrN2O2. The summed E-state index contributed by atoms with van der Waals surface area (Å²) >= 11 is 3.29. The van der Waals surface area contributed by atoms with Gasteiger partial charge in [-0.3, -0.25) is 4.79 Å². The monoisotopic (exact) mass is 334 g/mol. The Kier molecular flexibility index (Phi) is 4.39. The lowest BCUT2D eigenvalue weighted by Crippen LogP contribution is -2.30. The molecule has 1 unspecified atom stereocenters. The highest BCUT2D eigenvalue weighted by molar-refractivity contribution is 9.10. The molecule has 0 fully saturated rings. The van der Waals surface area contributed by atoms with Crippen LogP contribution in [0, 0.1) is 0 Å². The number of aromatic hydroxyl groups is 1. The molecule has 0 saturated carbocycles. The molecule has 0 aliphatic carbocycles. The average Bonchev–Trinajstić information content (AvgIpc) is 2.46. The lowest BCUT2D eigenvalue weighted by Gasteiger charge is -2.25. The van der Waals surface area contributed by atoms with E-state index in [9.17, 15) is 9.90 Å². The summed E-state index contributed by atoms with van der Waals surface area (Å²) in [5.41, 5.74) is 1.08. The van der Waals surface area contributed by atoms with Crippen LogP contribution in [0.5, 0.6) is 5.75 Å². The van der Waals surface area contributed by atoms with Crippen molar-refractivity contribution in [2.24, 2.45) is 0 Å². The maximum Gasteiger partial charge on any atom is 0.272 e. The van der Waals surface area contributed by atoms with E-state index in [0.717, 1.165) is 4.47 Å².